The van der Waals surface area contributed by atoms with Gasteiger partial charge in [-0.3, -0.25) is 4.79 Å². The van der Waals surface area contributed by atoms with E-state index in [-0.39, 0.29) is 12.4 Å². The monoisotopic (exact) mass is 240 g/mol. The summed E-state index contributed by atoms with van der Waals surface area (Å²) in [5.74, 6) is 0.347. The number of ether oxygens (including phenoxy) is 1. The smallest absolute Gasteiger partial charge is 0.311 e. The molecule has 2 rings (SSSR count). The normalized spacial score (nSPS) is 17.3. The quantitative estimate of drug-likeness (QED) is 0.810. The third-order valence-electron chi connectivity index (χ3n) is 2.81. The summed E-state index contributed by atoms with van der Waals surface area (Å²) < 4.78 is 4.62. The zero-order valence-corrected chi connectivity index (χ0v) is 10.2. The highest BCUT2D eigenvalue weighted by Crippen LogP contribution is 2.27. The summed E-state index contributed by atoms with van der Waals surface area (Å²) in [6.45, 7) is 2.13. The van der Waals surface area contributed by atoms with Crippen molar-refractivity contribution >= 4 is 17.3 Å². The topological polar surface area (TPSA) is 51.2 Å². The molecule has 2 heterocycles. The molecule has 5 heteroatoms. The van der Waals surface area contributed by atoms with E-state index >= 15 is 0 Å². The lowest BCUT2D eigenvalue weighted by Crippen LogP contribution is -2.26. The minimum atomic E-state index is -0.220. The molecule has 88 valence electrons. The minimum absolute atomic E-state index is 0.220. The van der Waals surface area contributed by atoms with Crippen LogP contribution in [-0.4, -0.2) is 31.2 Å². The Balaban J connectivity index is 1.98. The van der Waals surface area contributed by atoms with Crippen LogP contribution >= 0.6 is 11.3 Å². The van der Waals surface area contributed by atoms with Crippen LogP contribution in [0.15, 0.2) is 5.38 Å². The van der Waals surface area contributed by atoms with Crippen LogP contribution in [0.25, 0.3) is 0 Å². The molecule has 1 aliphatic rings. The van der Waals surface area contributed by atoms with E-state index in [0.717, 1.165) is 31.6 Å². The lowest BCUT2D eigenvalue weighted by Gasteiger charge is -2.20. The van der Waals surface area contributed by atoms with Gasteiger partial charge in [0.25, 0.3) is 0 Å². The molecule has 0 saturated carbocycles. The van der Waals surface area contributed by atoms with Crippen LogP contribution in [0, 0.1) is 0 Å². The van der Waals surface area contributed by atoms with Crippen LogP contribution in [0.5, 0.6) is 0 Å². The molecule has 1 aromatic rings. The highest BCUT2D eigenvalue weighted by atomic mass is 32.1. The third kappa shape index (κ3) is 2.80. The number of hydrogen-bond donors (Lipinski definition) is 1. The molecule has 1 aromatic heterocycles. The molecule has 0 spiro atoms. The average molecular weight is 240 g/mol. The van der Waals surface area contributed by atoms with Gasteiger partial charge >= 0.3 is 5.97 Å². The fraction of sp³-hybridized carbons (Fsp3) is 0.636. The SMILES string of the molecule is COC(=O)Cc1csc(C2CCNCC2)n1. The predicted molar refractivity (Wildman–Crippen MR) is 62.7 cm³/mol. The highest BCUT2D eigenvalue weighted by Gasteiger charge is 2.18. The standard InChI is InChI=1S/C11H16N2O2S/c1-15-10(14)6-9-7-16-11(13-9)8-2-4-12-5-3-8/h7-8,12H,2-6H2,1H3. The van der Waals surface area contributed by atoms with E-state index in [2.05, 4.69) is 15.0 Å². The molecule has 0 radical (unpaired) electrons. The lowest BCUT2D eigenvalue weighted by molar-refractivity contribution is -0.139. The number of piperidine rings is 1. The molecule has 16 heavy (non-hydrogen) atoms. The van der Waals surface area contributed by atoms with Crippen LogP contribution < -0.4 is 5.32 Å². The first-order chi connectivity index (χ1) is 7.79. The molecular formula is C11H16N2O2S. The van der Waals surface area contributed by atoms with Gasteiger partial charge in [0.15, 0.2) is 0 Å². The largest absolute Gasteiger partial charge is 0.469 e. The zero-order chi connectivity index (χ0) is 11.4. The molecule has 1 aliphatic heterocycles. The number of methoxy groups -OCH3 is 1. The number of nitrogens with zero attached hydrogens (tertiary/aromatic N) is 1. The van der Waals surface area contributed by atoms with Crippen LogP contribution in [0.2, 0.25) is 0 Å². The Morgan fingerprint density at radius 1 is 1.62 bits per heavy atom. The maximum atomic E-state index is 11.1. The minimum Gasteiger partial charge on any atom is -0.469 e. The lowest BCUT2D eigenvalue weighted by atomic mass is 9.99. The van der Waals surface area contributed by atoms with Crippen molar-refractivity contribution in [2.75, 3.05) is 20.2 Å². The summed E-state index contributed by atoms with van der Waals surface area (Å²) >= 11 is 1.66. The average Bonchev–Trinajstić information content (AvgIpc) is 2.78. The second kappa shape index (κ2) is 5.41. The molecule has 1 saturated heterocycles. The van der Waals surface area contributed by atoms with Gasteiger partial charge in [0.1, 0.15) is 0 Å². The summed E-state index contributed by atoms with van der Waals surface area (Å²) in [4.78, 5) is 15.6. The summed E-state index contributed by atoms with van der Waals surface area (Å²) in [6, 6.07) is 0. The number of thiazole rings is 1. The molecule has 0 aliphatic carbocycles. The Morgan fingerprint density at radius 3 is 3.06 bits per heavy atom. The Morgan fingerprint density at radius 2 is 2.38 bits per heavy atom. The summed E-state index contributed by atoms with van der Waals surface area (Å²) in [5.41, 5.74) is 0.838. The van der Waals surface area contributed by atoms with E-state index in [1.54, 1.807) is 11.3 Å². The Labute approximate surface area is 99.0 Å². The number of carbonyl (C=O) groups is 1. The molecule has 1 fully saturated rings. The van der Waals surface area contributed by atoms with Gasteiger partial charge < -0.3 is 10.1 Å². The molecule has 0 unspecified atom stereocenters. The van der Waals surface area contributed by atoms with Gasteiger partial charge in [0, 0.05) is 11.3 Å². The van der Waals surface area contributed by atoms with Gasteiger partial charge in [-0.2, -0.15) is 0 Å². The van der Waals surface area contributed by atoms with E-state index in [0.29, 0.717) is 5.92 Å². The van der Waals surface area contributed by atoms with Crippen molar-refractivity contribution in [2.45, 2.75) is 25.2 Å². The molecule has 0 amide bonds. The summed E-state index contributed by atoms with van der Waals surface area (Å²) in [7, 11) is 1.41. The molecule has 4 nitrogen and oxygen atoms in total. The van der Waals surface area contributed by atoms with Gasteiger partial charge in [0.05, 0.1) is 24.2 Å². The Kier molecular flexibility index (Phi) is 3.90. The van der Waals surface area contributed by atoms with Crippen molar-refractivity contribution in [3.63, 3.8) is 0 Å². The molecule has 0 bridgehead atoms. The first-order valence-corrected chi connectivity index (χ1v) is 6.39. The number of esters is 1. The fourth-order valence-electron chi connectivity index (χ4n) is 1.88. The fourth-order valence-corrected chi connectivity index (χ4v) is 2.87. The molecule has 0 aromatic carbocycles. The van der Waals surface area contributed by atoms with Crippen molar-refractivity contribution in [3.05, 3.63) is 16.1 Å². The molecule has 0 atom stereocenters. The number of aromatic nitrogens is 1. The van der Waals surface area contributed by atoms with Crippen LogP contribution in [-0.2, 0) is 16.0 Å². The Bertz CT molecular complexity index is 359. The third-order valence-corrected chi connectivity index (χ3v) is 3.87. The van der Waals surface area contributed by atoms with Crippen LogP contribution in [0.4, 0.5) is 0 Å². The number of rotatable bonds is 3. The summed E-state index contributed by atoms with van der Waals surface area (Å²) in [6.07, 6.45) is 2.58. The number of nitrogens with one attached hydrogen (secondary N) is 1. The van der Waals surface area contributed by atoms with Gasteiger partial charge in [-0.05, 0) is 25.9 Å². The van der Waals surface area contributed by atoms with E-state index in [1.165, 1.54) is 12.1 Å². The van der Waals surface area contributed by atoms with Crippen LogP contribution in [0.1, 0.15) is 29.5 Å². The van der Waals surface area contributed by atoms with Gasteiger partial charge in [0.2, 0.25) is 0 Å². The maximum absolute atomic E-state index is 11.1. The van der Waals surface area contributed by atoms with E-state index < -0.39 is 0 Å². The Hall–Kier alpha value is -0.940. The maximum Gasteiger partial charge on any atom is 0.311 e. The first kappa shape index (κ1) is 11.5. The van der Waals surface area contributed by atoms with E-state index in [1.807, 2.05) is 5.38 Å². The predicted octanol–water partition coefficient (Wildman–Crippen LogP) is 1.33. The zero-order valence-electron chi connectivity index (χ0n) is 9.36. The number of hydrogen-bond acceptors (Lipinski definition) is 5. The van der Waals surface area contributed by atoms with Crippen molar-refractivity contribution < 1.29 is 9.53 Å². The van der Waals surface area contributed by atoms with E-state index in [9.17, 15) is 4.79 Å². The second-order valence-corrected chi connectivity index (χ2v) is 4.84. The second-order valence-electron chi connectivity index (χ2n) is 3.95. The van der Waals surface area contributed by atoms with Crippen molar-refractivity contribution in [1.29, 1.82) is 0 Å². The summed E-state index contributed by atoms with van der Waals surface area (Å²) in [5, 5.41) is 6.47. The van der Waals surface area contributed by atoms with Crippen molar-refractivity contribution in [1.82, 2.24) is 10.3 Å². The van der Waals surface area contributed by atoms with Gasteiger partial charge in [-0.15, -0.1) is 11.3 Å². The van der Waals surface area contributed by atoms with Gasteiger partial charge in [-0.25, -0.2) is 4.98 Å². The van der Waals surface area contributed by atoms with Gasteiger partial charge in [-0.1, -0.05) is 0 Å². The molecular weight excluding hydrogens is 224 g/mol. The van der Waals surface area contributed by atoms with Crippen molar-refractivity contribution in [2.24, 2.45) is 0 Å². The molecule has 1 N–H and O–H groups in total. The highest BCUT2D eigenvalue weighted by molar-refractivity contribution is 7.09. The number of carbonyl (C=O) groups excluding carboxylic acids is 1. The first-order valence-electron chi connectivity index (χ1n) is 5.51. The van der Waals surface area contributed by atoms with Crippen LogP contribution in [0.3, 0.4) is 0 Å². The van der Waals surface area contributed by atoms with E-state index in [4.69, 9.17) is 0 Å². The van der Waals surface area contributed by atoms with Crippen molar-refractivity contribution in [3.8, 4) is 0 Å².